The molecule has 0 aliphatic heterocycles. The Balaban J connectivity index is 1.57. The average Bonchev–Trinajstić information content (AvgIpc) is 3.60. The van der Waals surface area contributed by atoms with E-state index in [9.17, 15) is 26.4 Å². The number of sulfonamides is 1. The summed E-state index contributed by atoms with van der Waals surface area (Å²) in [6.07, 6.45) is 4.38. The third-order valence-corrected chi connectivity index (χ3v) is 7.25. The zero-order valence-corrected chi connectivity index (χ0v) is 19.3. The highest BCUT2D eigenvalue weighted by Gasteiger charge is 2.32. The predicted octanol–water partition coefficient (Wildman–Crippen LogP) is 4.14. The van der Waals surface area contributed by atoms with Crippen LogP contribution < -0.4 is 9.62 Å². The van der Waals surface area contributed by atoms with Crippen molar-refractivity contribution in [2.75, 3.05) is 16.7 Å². The molecular formula is C23H17F4N5O3S. The minimum absolute atomic E-state index is 0.123. The summed E-state index contributed by atoms with van der Waals surface area (Å²) in [6.45, 7) is 0. The number of anilines is 2. The van der Waals surface area contributed by atoms with Crippen molar-refractivity contribution in [1.82, 2.24) is 15.0 Å². The summed E-state index contributed by atoms with van der Waals surface area (Å²) in [5.74, 6) is -5.79. The molecule has 1 fully saturated rings. The van der Waals surface area contributed by atoms with Crippen LogP contribution in [0, 0.1) is 23.3 Å². The van der Waals surface area contributed by atoms with Crippen LogP contribution in [0.15, 0.2) is 47.8 Å². The summed E-state index contributed by atoms with van der Waals surface area (Å²) in [7, 11) is -3.04. The molecule has 0 saturated heterocycles. The van der Waals surface area contributed by atoms with E-state index in [4.69, 9.17) is 0 Å². The quantitative estimate of drug-likeness (QED) is 0.281. The minimum Gasteiger partial charge on any atom is -0.356 e. The van der Waals surface area contributed by atoms with Gasteiger partial charge >= 0.3 is 0 Å². The fraction of sp³-hybridized carbons (Fsp3) is 0.174. The van der Waals surface area contributed by atoms with Gasteiger partial charge in [-0.3, -0.25) is 9.52 Å². The number of halogens is 4. The zero-order chi connectivity index (χ0) is 25.8. The summed E-state index contributed by atoms with van der Waals surface area (Å²) in [5, 5.41) is 0.253. The average molecular weight is 519 g/mol. The molecule has 1 aliphatic rings. The van der Waals surface area contributed by atoms with Crippen LogP contribution in [0.2, 0.25) is 0 Å². The van der Waals surface area contributed by atoms with Crippen molar-refractivity contribution < 1.29 is 30.8 Å². The molecule has 0 unspecified atom stereocenters. The van der Waals surface area contributed by atoms with Crippen LogP contribution in [-0.4, -0.2) is 42.2 Å². The second-order valence-electron chi connectivity index (χ2n) is 8.26. The van der Waals surface area contributed by atoms with E-state index >= 15 is 4.39 Å². The van der Waals surface area contributed by atoms with Gasteiger partial charge in [-0.15, -0.1) is 0 Å². The Hall–Kier alpha value is -4.00. The highest BCUT2D eigenvalue weighted by molar-refractivity contribution is 7.92. The number of nitrogens with zero attached hydrogens (tertiary/aromatic N) is 3. The second-order valence-corrected chi connectivity index (χ2v) is 9.91. The summed E-state index contributed by atoms with van der Waals surface area (Å²) in [6, 6.07) is 3.35. The molecule has 5 rings (SSSR count). The molecule has 8 nitrogen and oxygen atoms in total. The lowest BCUT2D eigenvalue weighted by molar-refractivity contribution is 0.103. The van der Waals surface area contributed by atoms with Crippen LogP contribution in [0.3, 0.4) is 0 Å². The van der Waals surface area contributed by atoms with Crippen LogP contribution in [0.4, 0.5) is 29.1 Å². The zero-order valence-electron chi connectivity index (χ0n) is 18.5. The maximum absolute atomic E-state index is 15.4. The Morgan fingerprint density at radius 3 is 2.53 bits per heavy atom. The molecular weight excluding hydrogens is 502 g/mol. The number of H-pyrrole nitrogens is 1. The van der Waals surface area contributed by atoms with Gasteiger partial charge in [-0.05, 0) is 43.2 Å². The largest absolute Gasteiger partial charge is 0.356 e. The van der Waals surface area contributed by atoms with Crippen molar-refractivity contribution in [2.24, 2.45) is 0 Å². The first-order valence-electron chi connectivity index (χ1n) is 10.6. The molecule has 0 bridgehead atoms. The van der Waals surface area contributed by atoms with E-state index < -0.39 is 55.2 Å². The predicted molar refractivity (Wildman–Crippen MR) is 122 cm³/mol. The number of aromatic nitrogens is 3. The van der Waals surface area contributed by atoms with E-state index in [-0.39, 0.29) is 22.6 Å². The number of aromatic amines is 1. The number of ketones is 1. The lowest BCUT2D eigenvalue weighted by atomic mass is 10.0. The Kier molecular flexibility index (Phi) is 5.66. The standard InChI is InChI=1S/C23H17F4N5O3S/c1-32(12-3-4-12)23-18-13(9-28-22(18)29-10-30-23)21(33)19-15(26)6-7-16(20(19)27)31-36(34,35)17-8-11(24)2-5-14(17)25/h2,5-10,12,31H,3-4H2,1H3,(H,28,29,30). The first-order valence-corrected chi connectivity index (χ1v) is 12.1. The van der Waals surface area contributed by atoms with E-state index in [0.717, 1.165) is 18.9 Å². The molecule has 2 aromatic carbocycles. The molecule has 36 heavy (non-hydrogen) atoms. The van der Waals surface area contributed by atoms with E-state index in [1.165, 1.54) is 12.5 Å². The van der Waals surface area contributed by atoms with Crippen molar-refractivity contribution in [3.63, 3.8) is 0 Å². The number of carbonyl (C=O) groups excluding carboxylic acids is 1. The van der Waals surface area contributed by atoms with Crippen LogP contribution in [0.5, 0.6) is 0 Å². The molecule has 2 heterocycles. The summed E-state index contributed by atoms with van der Waals surface area (Å²) >= 11 is 0. The van der Waals surface area contributed by atoms with Gasteiger partial charge in [0.05, 0.1) is 22.2 Å². The van der Waals surface area contributed by atoms with Gasteiger partial charge in [-0.25, -0.2) is 35.9 Å². The molecule has 2 aromatic heterocycles. The van der Waals surface area contributed by atoms with Crippen LogP contribution in [0.25, 0.3) is 11.0 Å². The fourth-order valence-electron chi connectivity index (χ4n) is 3.88. The van der Waals surface area contributed by atoms with Gasteiger partial charge in [-0.1, -0.05) is 0 Å². The van der Waals surface area contributed by atoms with Crippen molar-refractivity contribution >= 4 is 38.3 Å². The number of benzene rings is 2. The third kappa shape index (κ3) is 4.04. The van der Waals surface area contributed by atoms with Crippen molar-refractivity contribution in [3.8, 4) is 0 Å². The SMILES string of the molecule is CN(c1ncnc2[nH]cc(C(=O)c3c(F)ccc(NS(=O)(=O)c4cc(F)ccc4F)c3F)c12)C1CC1. The summed E-state index contributed by atoms with van der Waals surface area (Å²) in [5.41, 5.74) is -1.72. The topological polar surface area (TPSA) is 108 Å². The Morgan fingerprint density at radius 2 is 1.81 bits per heavy atom. The van der Waals surface area contributed by atoms with Crippen molar-refractivity contribution in [3.05, 3.63) is 77.3 Å². The molecule has 4 aromatic rings. The van der Waals surface area contributed by atoms with Gasteiger partial charge in [0.15, 0.2) is 5.82 Å². The Bertz CT molecular complexity index is 1640. The molecule has 0 radical (unpaired) electrons. The molecule has 13 heteroatoms. The van der Waals surface area contributed by atoms with Gasteiger partial charge in [-0.2, -0.15) is 0 Å². The molecule has 0 spiro atoms. The molecule has 0 amide bonds. The fourth-order valence-corrected chi connectivity index (χ4v) is 5.03. The lowest BCUT2D eigenvalue weighted by Crippen LogP contribution is -2.21. The first-order chi connectivity index (χ1) is 17.1. The number of hydrogen-bond donors (Lipinski definition) is 2. The molecule has 186 valence electrons. The highest BCUT2D eigenvalue weighted by Crippen LogP contribution is 2.35. The second kappa shape index (κ2) is 8.59. The smallest absolute Gasteiger partial charge is 0.265 e. The van der Waals surface area contributed by atoms with E-state index in [0.29, 0.717) is 30.1 Å². The van der Waals surface area contributed by atoms with Crippen molar-refractivity contribution in [1.29, 1.82) is 0 Å². The Morgan fingerprint density at radius 1 is 1.08 bits per heavy atom. The van der Waals surface area contributed by atoms with Gasteiger partial charge < -0.3 is 9.88 Å². The molecule has 0 atom stereocenters. The van der Waals surface area contributed by atoms with Crippen LogP contribution >= 0.6 is 0 Å². The lowest BCUT2D eigenvalue weighted by Gasteiger charge is -2.18. The van der Waals surface area contributed by atoms with Crippen LogP contribution in [-0.2, 0) is 10.0 Å². The maximum atomic E-state index is 15.4. The van der Waals surface area contributed by atoms with Gasteiger partial charge in [0.2, 0.25) is 5.78 Å². The highest BCUT2D eigenvalue weighted by atomic mass is 32.2. The number of rotatable bonds is 7. The number of nitrogens with one attached hydrogen (secondary N) is 2. The monoisotopic (exact) mass is 519 g/mol. The van der Waals surface area contributed by atoms with E-state index in [2.05, 4.69) is 15.0 Å². The first kappa shape index (κ1) is 23.7. The Labute approximate surface area is 202 Å². The number of carbonyl (C=O) groups is 1. The number of hydrogen-bond acceptors (Lipinski definition) is 6. The van der Waals surface area contributed by atoms with Gasteiger partial charge in [0.25, 0.3) is 10.0 Å². The maximum Gasteiger partial charge on any atom is 0.265 e. The summed E-state index contributed by atoms with van der Waals surface area (Å²) in [4.78, 5) is 25.2. The summed E-state index contributed by atoms with van der Waals surface area (Å²) < 4.78 is 84.6. The molecule has 1 aliphatic carbocycles. The van der Waals surface area contributed by atoms with E-state index in [1.807, 2.05) is 4.90 Å². The number of fused-ring (bicyclic) bond motifs is 1. The molecule has 1 saturated carbocycles. The normalized spacial score (nSPS) is 13.7. The van der Waals surface area contributed by atoms with Crippen LogP contribution in [0.1, 0.15) is 28.8 Å². The third-order valence-electron chi connectivity index (χ3n) is 5.87. The minimum atomic E-state index is -4.82. The molecule has 2 N–H and O–H groups in total. The van der Waals surface area contributed by atoms with E-state index in [1.54, 1.807) is 11.8 Å². The van der Waals surface area contributed by atoms with Crippen molar-refractivity contribution in [2.45, 2.75) is 23.8 Å². The van der Waals surface area contributed by atoms with Gasteiger partial charge in [0, 0.05) is 19.3 Å². The van der Waals surface area contributed by atoms with Gasteiger partial charge in [0.1, 0.15) is 40.1 Å².